The van der Waals surface area contributed by atoms with Crippen molar-refractivity contribution in [3.63, 3.8) is 0 Å². The molecular formula is C21H23Cl2N3O2. The molecule has 2 aromatic rings. The van der Waals surface area contributed by atoms with Gasteiger partial charge in [-0.15, -0.1) is 0 Å². The number of carbonyl (C=O) groups excluding carboxylic acids is 2. The van der Waals surface area contributed by atoms with Gasteiger partial charge in [0.15, 0.2) is 0 Å². The number of anilines is 1. The van der Waals surface area contributed by atoms with Crippen LogP contribution in [0.25, 0.3) is 0 Å². The second-order valence-electron chi connectivity index (χ2n) is 6.92. The van der Waals surface area contributed by atoms with E-state index < -0.39 is 0 Å². The van der Waals surface area contributed by atoms with Crippen molar-refractivity contribution < 1.29 is 9.59 Å². The number of rotatable bonds is 4. The number of carbonyl (C=O) groups is 2. The number of benzene rings is 2. The van der Waals surface area contributed by atoms with Gasteiger partial charge < -0.3 is 15.5 Å². The summed E-state index contributed by atoms with van der Waals surface area (Å²) in [4.78, 5) is 26.9. The maximum atomic E-state index is 12.6. The Morgan fingerprint density at radius 2 is 1.79 bits per heavy atom. The molecule has 1 heterocycles. The van der Waals surface area contributed by atoms with E-state index in [9.17, 15) is 9.59 Å². The normalized spacial score (nSPS) is 15.0. The fraction of sp³-hybridized carbons (Fsp3) is 0.333. The average molecular weight is 420 g/mol. The zero-order valence-corrected chi connectivity index (χ0v) is 17.2. The Labute approximate surface area is 175 Å². The maximum Gasteiger partial charge on any atom is 0.319 e. The SMILES string of the molecule is CC(NC(=O)Nc1cccc(C(=O)N2CCCCC2)c1)c1ccc(Cl)cc1Cl. The van der Waals surface area contributed by atoms with E-state index in [1.54, 1.807) is 42.5 Å². The molecule has 2 N–H and O–H groups in total. The predicted octanol–water partition coefficient (Wildman–Crippen LogP) is 5.50. The van der Waals surface area contributed by atoms with Crippen molar-refractivity contribution in [2.75, 3.05) is 18.4 Å². The highest BCUT2D eigenvalue weighted by atomic mass is 35.5. The molecule has 0 radical (unpaired) electrons. The van der Waals surface area contributed by atoms with Gasteiger partial charge >= 0.3 is 6.03 Å². The molecule has 5 nitrogen and oxygen atoms in total. The molecule has 3 amide bonds. The molecule has 0 spiro atoms. The topological polar surface area (TPSA) is 61.4 Å². The van der Waals surface area contributed by atoms with E-state index in [-0.39, 0.29) is 18.0 Å². The minimum Gasteiger partial charge on any atom is -0.339 e. The smallest absolute Gasteiger partial charge is 0.319 e. The summed E-state index contributed by atoms with van der Waals surface area (Å²) in [6, 6.07) is 11.5. The molecule has 3 rings (SSSR count). The molecule has 0 aliphatic carbocycles. The Bertz CT molecular complexity index is 866. The molecule has 1 unspecified atom stereocenters. The second-order valence-corrected chi connectivity index (χ2v) is 7.76. The molecule has 1 atom stereocenters. The van der Waals surface area contributed by atoms with Crippen molar-refractivity contribution in [3.05, 3.63) is 63.6 Å². The Hall–Kier alpha value is -2.24. The summed E-state index contributed by atoms with van der Waals surface area (Å²) in [5, 5.41) is 6.66. The third-order valence-electron chi connectivity index (χ3n) is 4.79. The van der Waals surface area contributed by atoms with E-state index in [0.29, 0.717) is 21.3 Å². The molecule has 1 saturated heterocycles. The first-order chi connectivity index (χ1) is 13.4. The van der Waals surface area contributed by atoms with Crippen LogP contribution in [-0.2, 0) is 0 Å². The number of likely N-dealkylation sites (tertiary alicyclic amines) is 1. The molecule has 0 aromatic heterocycles. The van der Waals surface area contributed by atoms with Crippen LogP contribution in [-0.4, -0.2) is 29.9 Å². The van der Waals surface area contributed by atoms with Gasteiger partial charge in [-0.05, 0) is 62.1 Å². The maximum absolute atomic E-state index is 12.6. The van der Waals surface area contributed by atoms with Gasteiger partial charge in [0.1, 0.15) is 0 Å². The Morgan fingerprint density at radius 3 is 2.50 bits per heavy atom. The summed E-state index contributed by atoms with van der Waals surface area (Å²) in [7, 11) is 0. The summed E-state index contributed by atoms with van der Waals surface area (Å²) < 4.78 is 0. The molecule has 1 fully saturated rings. The second kappa shape index (κ2) is 9.30. The van der Waals surface area contributed by atoms with Gasteiger partial charge in [0.25, 0.3) is 5.91 Å². The van der Waals surface area contributed by atoms with Gasteiger partial charge in [-0.2, -0.15) is 0 Å². The Kier molecular flexibility index (Phi) is 6.81. The third kappa shape index (κ3) is 5.18. The number of urea groups is 1. The van der Waals surface area contributed by atoms with Crippen molar-refractivity contribution in [2.45, 2.75) is 32.2 Å². The van der Waals surface area contributed by atoms with E-state index in [2.05, 4.69) is 10.6 Å². The van der Waals surface area contributed by atoms with Gasteiger partial charge in [-0.1, -0.05) is 35.3 Å². The first-order valence-corrected chi connectivity index (χ1v) is 10.1. The number of piperidine rings is 1. The fourth-order valence-corrected chi connectivity index (χ4v) is 3.88. The van der Waals surface area contributed by atoms with Crippen molar-refractivity contribution in [2.24, 2.45) is 0 Å². The summed E-state index contributed by atoms with van der Waals surface area (Å²) in [5.74, 6) is 0.00470. The minimum absolute atomic E-state index is 0.00470. The van der Waals surface area contributed by atoms with Crippen molar-refractivity contribution in [1.29, 1.82) is 0 Å². The van der Waals surface area contributed by atoms with E-state index in [1.807, 2.05) is 11.8 Å². The fourth-order valence-electron chi connectivity index (χ4n) is 3.30. The Balaban J connectivity index is 1.63. The minimum atomic E-state index is -0.374. The van der Waals surface area contributed by atoms with Crippen LogP contribution in [0.3, 0.4) is 0 Å². The number of hydrogen-bond acceptors (Lipinski definition) is 2. The van der Waals surface area contributed by atoms with Crippen LogP contribution >= 0.6 is 23.2 Å². The van der Waals surface area contributed by atoms with Crippen LogP contribution in [0.1, 0.15) is 48.1 Å². The van der Waals surface area contributed by atoms with Crippen LogP contribution in [0.4, 0.5) is 10.5 Å². The summed E-state index contributed by atoms with van der Waals surface area (Å²) in [6.07, 6.45) is 3.25. The van der Waals surface area contributed by atoms with Gasteiger partial charge in [0, 0.05) is 34.4 Å². The quantitative estimate of drug-likeness (QED) is 0.686. The van der Waals surface area contributed by atoms with E-state index in [0.717, 1.165) is 31.5 Å². The molecule has 28 heavy (non-hydrogen) atoms. The van der Waals surface area contributed by atoms with E-state index >= 15 is 0 Å². The lowest BCUT2D eigenvalue weighted by Gasteiger charge is -2.26. The third-order valence-corrected chi connectivity index (χ3v) is 5.35. The lowest BCUT2D eigenvalue weighted by atomic mass is 10.1. The van der Waals surface area contributed by atoms with Crippen LogP contribution in [0, 0.1) is 0 Å². The number of hydrogen-bond donors (Lipinski definition) is 2. The molecule has 7 heteroatoms. The van der Waals surface area contributed by atoms with Crippen LogP contribution < -0.4 is 10.6 Å². The van der Waals surface area contributed by atoms with E-state index in [4.69, 9.17) is 23.2 Å². The zero-order valence-electron chi connectivity index (χ0n) is 15.7. The van der Waals surface area contributed by atoms with Gasteiger partial charge in [0.05, 0.1) is 6.04 Å². The van der Waals surface area contributed by atoms with Crippen LogP contribution in [0.2, 0.25) is 10.0 Å². The van der Waals surface area contributed by atoms with Crippen molar-refractivity contribution in [1.82, 2.24) is 10.2 Å². The number of amides is 3. The first kappa shape index (κ1) is 20.5. The molecule has 0 saturated carbocycles. The summed E-state index contributed by atoms with van der Waals surface area (Å²) >= 11 is 12.1. The van der Waals surface area contributed by atoms with E-state index in [1.165, 1.54) is 6.42 Å². The lowest BCUT2D eigenvalue weighted by molar-refractivity contribution is 0.0724. The highest BCUT2D eigenvalue weighted by Crippen LogP contribution is 2.26. The lowest BCUT2D eigenvalue weighted by Crippen LogP contribution is -2.35. The van der Waals surface area contributed by atoms with Crippen LogP contribution in [0.5, 0.6) is 0 Å². The molecule has 1 aliphatic heterocycles. The summed E-state index contributed by atoms with van der Waals surface area (Å²) in [6.45, 7) is 3.41. The number of nitrogens with zero attached hydrogens (tertiary/aromatic N) is 1. The van der Waals surface area contributed by atoms with Gasteiger partial charge in [-0.25, -0.2) is 4.79 Å². The number of halogens is 2. The average Bonchev–Trinajstić information content (AvgIpc) is 2.68. The molecule has 148 valence electrons. The van der Waals surface area contributed by atoms with Gasteiger partial charge in [-0.3, -0.25) is 4.79 Å². The molecular weight excluding hydrogens is 397 g/mol. The zero-order chi connectivity index (χ0) is 20.1. The highest BCUT2D eigenvalue weighted by Gasteiger charge is 2.19. The summed E-state index contributed by atoms with van der Waals surface area (Å²) in [5.41, 5.74) is 1.92. The number of nitrogens with one attached hydrogen (secondary N) is 2. The molecule has 2 aromatic carbocycles. The highest BCUT2D eigenvalue weighted by molar-refractivity contribution is 6.35. The van der Waals surface area contributed by atoms with Crippen molar-refractivity contribution >= 4 is 40.8 Å². The van der Waals surface area contributed by atoms with Crippen molar-refractivity contribution in [3.8, 4) is 0 Å². The standard InChI is InChI=1S/C21H23Cl2N3O2/c1-14(18-9-8-16(22)13-19(18)23)24-21(28)25-17-7-5-6-15(12-17)20(27)26-10-3-2-4-11-26/h5-9,12-14H,2-4,10-11H2,1H3,(H2,24,25,28). The predicted molar refractivity (Wildman–Crippen MR) is 113 cm³/mol. The molecule has 1 aliphatic rings. The largest absolute Gasteiger partial charge is 0.339 e. The van der Waals surface area contributed by atoms with Gasteiger partial charge in [0.2, 0.25) is 0 Å². The van der Waals surface area contributed by atoms with Crippen LogP contribution in [0.15, 0.2) is 42.5 Å². The molecule has 0 bridgehead atoms. The first-order valence-electron chi connectivity index (χ1n) is 9.36. The Morgan fingerprint density at radius 1 is 1.04 bits per heavy atom. The monoisotopic (exact) mass is 419 g/mol.